The van der Waals surface area contributed by atoms with Crippen molar-refractivity contribution in [2.24, 2.45) is 4.99 Å². The first-order chi connectivity index (χ1) is 20.4. The van der Waals surface area contributed by atoms with Gasteiger partial charge in [-0.2, -0.15) is 0 Å². The number of piperidine rings is 1. The summed E-state index contributed by atoms with van der Waals surface area (Å²) in [5, 5.41) is 11.8. The molecule has 1 aliphatic rings. The van der Waals surface area contributed by atoms with Crippen molar-refractivity contribution < 1.29 is 13.5 Å². The van der Waals surface area contributed by atoms with Gasteiger partial charge in [0.05, 0.1) is 21.9 Å². The fourth-order valence-corrected chi connectivity index (χ4v) is 6.50. The second-order valence-electron chi connectivity index (χ2n) is 10.9. The number of aliphatic imine (C=N–C) groups is 1. The minimum atomic E-state index is -3.80. The van der Waals surface area contributed by atoms with E-state index in [1.807, 2.05) is 49.4 Å². The van der Waals surface area contributed by atoms with Gasteiger partial charge in [-0.3, -0.25) is 9.62 Å². The SMILES string of the molecule is Cc1ccc(S(=O)(=O)Nc2ccc3[nH]c(O)c(C(=Nc4ccc(CN5CCCCC5)cc4)c4ccccc4)c3c2)cc1. The van der Waals surface area contributed by atoms with Crippen LogP contribution in [0.5, 0.6) is 5.88 Å². The molecule has 0 saturated carbocycles. The number of hydrogen-bond acceptors (Lipinski definition) is 5. The van der Waals surface area contributed by atoms with E-state index in [9.17, 15) is 13.5 Å². The maximum atomic E-state index is 13.1. The zero-order valence-corrected chi connectivity index (χ0v) is 24.4. The topological polar surface area (TPSA) is 97.8 Å². The summed E-state index contributed by atoms with van der Waals surface area (Å²) in [5.74, 6) is -0.0344. The summed E-state index contributed by atoms with van der Waals surface area (Å²) < 4.78 is 28.9. The average Bonchev–Trinajstić information content (AvgIpc) is 3.32. The Bertz CT molecular complexity index is 1820. The molecule has 0 spiro atoms. The third-order valence-corrected chi connectivity index (χ3v) is 9.08. The van der Waals surface area contributed by atoms with E-state index in [0.717, 1.165) is 36.4 Å². The molecular weight excluding hydrogens is 544 g/mol. The van der Waals surface area contributed by atoms with Gasteiger partial charge in [-0.1, -0.05) is 66.6 Å². The second kappa shape index (κ2) is 11.8. The molecule has 8 heteroatoms. The third kappa shape index (κ3) is 6.10. The molecule has 0 unspecified atom stereocenters. The summed E-state index contributed by atoms with van der Waals surface area (Å²) >= 11 is 0. The Labute approximate surface area is 246 Å². The van der Waals surface area contributed by atoms with Crippen molar-refractivity contribution in [1.29, 1.82) is 0 Å². The second-order valence-corrected chi connectivity index (χ2v) is 12.5. The van der Waals surface area contributed by atoms with Gasteiger partial charge in [-0.15, -0.1) is 0 Å². The van der Waals surface area contributed by atoms with Crippen molar-refractivity contribution in [3.63, 3.8) is 0 Å². The van der Waals surface area contributed by atoms with Gasteiger partial charge in [-0.25, -0.2) is 13.4 Å². The minimum absolute atomic E-state index is 0.0344. The molecular formula is C34H34N4O3S. The summed E-state index contributed by atoms with van der Waals surface area (Å²) in [7, 11) is -3.80. The molecule has 1 aromatic heterocycles. The van der Waals surface area contributed by atoms with E-state index >= 15 is 0 Å². The molecule has 1 saturated heterocycles. The highest BCUT2D eigenvalue weighted by Crippen LogP contribution is 2.34. The normalized spacial score (nSPS) is 14.7. The van der Waals surface area contributed by atoms with Crippen LogP contribution < -0.4 is 4.72 Å². The van der Waals surface area contributed by atoms with Crippen LogP contribution in [-0.4, -0.2) is 42.2 Å². The highest BCUT2D eigenvalue weighted by Gasteiger charge is 2.21. The Kier molecular flexibility index (Phi) is 7.82. The first-order valence-electron chi connectivity index (χ1n) is 14.3. The number of hydrogen-bond donors (Lipinski definition) is 3. The minimum Gasteiger partial charge on any atom is -0.494 e. The first-order valence-corrected chi connectivity index (χ1v) is 15.7. The van der Waals surface area contributed by atoms with Crippen molar-refractivity contribution in [2.45, 2.75) is 37.6 Å². The Balaban J connectivity index is 1.37. The third-order valence-electron chi connectivity index (χ3n) is 7.68. The van der Waals surface area contributed by atoms with Crippen LogP contribution >= 0.6 is 0 Å². The number of H-pyrrole nitrogens is 1. The zero-order valence-electron chi connectivity index (χ0n) is 23.5. The van der Waals surface area contributed by atoms with Gasteiger partial charge in [0, 0.05) is 28.7 Å². The Hall–Kier alpha value is -4.40. The van der Waals surface area contributed by atoms with E-state index < -0.39 is 10.0 Å². The number of fused-ring (bicyclic) bond motifs is 1. The lowest BCUT2D eigenvalue weighted by Crippen LogP contribution is -2.28. The zero-order chi connectivity index (χ0) is 29.1. The van der Waals surface area contributed by atoms with E-state index in [-0.39, 0.29) is 10.8 Å². The maximum Gasteiger partial charge on any atom is 0.261 e. The number of sulfonamides is 1. The van der Waals surface area contributed by atoms with Gasteiger partial charge >= 0.3 is 0 Å². The number of benzene rings is 4. The number of nitrogens with one attached hydrogen (secondary N) is 2. The van der Waals surface area contributed by atoms with Crippen molar-refractivity contribution in [3.05, 3.63) is 119 Å². The summed E-state index contributed by atoms with van der Waals surface area (Å²) in [5.41, 5.74) is 5.97. The van der Waals surface area contributed by atoms with Gasteiger partial charge in [0.1, 0.15) is 0 Å². The molecule has 1 fully saturated rings. The largest absolute Gasteiger partial charge is 0.494 e. The summed E-state index contributed by atoms with van der Waals surface area (Å²) in [6, 6.07) is 29.8. The number of aromatic hydroxyl groups is 1. The molecule has 214 valence electrons. The molecule has 2 heterocycles. The number of anilines is 1. The molecule has 5 aromatic rings. The summed E-state index contributed by atoms with van der Waals surface area (Å²) in [4.78, 5) is 10.7. The maximum absolute atomic E-state index is 13.1. The molecule has 1 aliphatic heterocycles. The number of nitrogens with zero attached hydrogens (tertiary/aromatic N) is 2. The van der Waals surface area contributed by atoms with Crippen LogP contribution in [0.15, 0.2) is 107 Å². The molecule has 3 N–H and O–H groups in total. The predicted molar refractivity (Wildman–Crippen MR) is 169 cm³/mol. The fourth-order valence-electron chi connectivity index (χ4n) is 5.45. The van der Waals surface area contributed by atoms with Crippen LogP contribution in [0.1, 0.15) is 41.5 Å². The Morgan fingerprint density at radius 1 is 0.905 bits per heavy atom. The van der Waals surface area contributed by atoms with Gasteiger partial charge in [0.15, 0.2) is 5.88 Å². The molecule has 4 aromatic carbocycles. The van der Waals surface area contributed by atoms with E-state index in [1.54, 1.807) is 42.5 Å². The lowest BCUT2D eigenvalue weighted by atomic mass is 10.0. The van der Waals surface area contributed by atoms with Crippen LogP contribution in [-0.2, 0) is 16.6 Å². The fraction of sp³-hybridized carbons (Fsp3) is 0.206. The highest BCUT2D eigenvalue weighted by molar-refractivity contribution is 7.92. The van der Waals surface area contributed by atoms with Gasteiger partial charge < -0.3 is 10.1 Å². The molecule has 0 atom stereocenters. The highest BCUT2D eigenvalue weighted by atomic mass is 32.2. The Morgan fingerprint density at radius 2 is 1.62 bits per heavy atom. The average molecular weight is 579 g/mol. The smallest absolute Gasteiger partial charge is 0.261 e. The van der Waals surface area contributed by atoms with Crippen LogP contribution in [0.4, 0.5) is 11.4 Å². The first kappa shape index (κ1) is 27.8. The van der Waals surface area contributed by atoms with Crippen molar-refractivity contribution in [3.8, 4) is 5.88 Å². The van der Waals surface area contributed by atoms with E-state index in [0.29, 0.717) is 27.9 Å². The molecule has 0 radical (unpaired) electrons. The molecule has 42 heavy (non-hydrogen) atoms. The lowest BCUT2D eigenvalue weighted by molar-refractivity contribution is 0.221. The summed E-state index contributed by atoms with van der Waals surface area (Å²) in [6.45, 7) is 5.12. The number of aryl methyl sites for hydroxylation is 1. The molecule has 0 amide bonds. The van der Waals surface area contributed by atoms with Crippen molar-refractivity contribution in [1.82, 2.24) is 9.88 Å². The quantitative estimate of drug-likeness (QED) is 0.171. The molecule has 7 nitrogen and oxygen atoms in total. The van der Waals surface area contributed by atoms with Crippen molar-refractivity contribution in [2.75, 3.05) is 17.8 Å². The molecule has 0 aliphatic carbocycles. The van der Waals surface area contributed by atoms with Gasteiger partial charge in [0.2, 0.25) is 0 Å². The monoisotopic (exact) mass is 578 g/mol. The van der Waals surface area contributed by atoms with Crippen LogP contribution in [0.2, 0.25) is 0 Å². The van der Waals surface area contributed by atoms with Crippen LogP contribution in [0.3, 0.4) is 0 Å². The number of aromatic amines is 1. The van der Waals surface area contributed by atoms with Gasteiger partial charge in [0.25, 0.3) is 10.0 Å². The van der Waals surface area contributed by atoms with Gasteiger partial charge in [-0.05, 0) is 80.9 Å². The number of likely N-dealkylation sites (tertiary alicyclic amines) is 1. The lowest BCUT2D eigenvalue weighted by Gasteiger charge is -2.26. The van der Waals surface area contributed by atoms with E-state index in [1.165, 1.54) is 24.8 Å². The summed E-state index contributed by atoms with van der Waals surface area (Å²) in [6.07, 6.45) is 3.82. The van der Waals surface area contributed by atoms with Crippen LogP contribution in [0, 0.1) is 6.92 Å². The predicted octanol–water partition coefficient (Wildman–Crippen LogP) is 7.14. The molecule has 6 rings (SSSR count). The van der Waals surface area contributed by atoms with Crippen molar-refractivity contribution >= 4 is 38.0 Å². The Morgan fingerprint density at radius 3 is 2.33 bits per heavy atom. The number of rotatable bonds is 8. The van der Waals surface area contributed by atoms with Crippen LogP contribution in [0.25, 0.3) is 10.9 Å². The standard InChI is InChI=1S/C34H34N4O3S/c1-24-10-17-29(18-11-24)42(40,41)37-28-16-19-31-30(22-28)32(34(39)36-31)33(26-8-4-2-5-9-26)35-27-14-12-25(13-15-27)23-38-20-6-3-7-21-38/h2,4-5,8-19,22,36-37,39H,3,6-7,20-21,23H2,1H3. The molecule has 0 bridgehead atoms. The number of aromatic nitrogens is 1. The van der Waals surface area contributed by atoms with E-state index in [2.05, 4.69) is 26.7 Å². The van der Waals surface area contributed by atoms with E-state index in [4.69, 9.17) is 4.99 Å².